The molecule has 1 aromatic heterocycles. The van der Waals surface area contributed by atoms with Gasteiger partial charge in [-0.3, -0.25) is 4.98 Å². The van der Waals surface area contributed by atoms with Crippen LogP contribution in [-0.2, 0) is 6.42 Å². The van der Waals surface area contributed by atoms with Crippen molar-refractivity contribution in [1.82, 2.24) is 9.97 Å². The molecular weight excluding hydrogens is 224 g/mol. The van der Waals surface area contributed by atoms with Crippen LogP contribution in [0.4, 0.5) is 0 Å². The molecule has 0 spiro atoms. The van der Waals surface area contributed by atoms with Crippen molar-refractivity contribution in [3.8, 4) is 5.88 Å². The second-order valence-corrected chi connectivity index (χ2v) is 4.83. The quantitative estimate of drug-likeness (QED) is 0.719. The zero-order valence-corrected chi connectivity index (χ0v) is 10.9. The summed E-state index contributed by atoms with van der Waals surface area (Å²) in [5, 5.41) is 0.117. The summed E-state index contributed by atoms with van der Waals surface area (Å²) in [6, 6.07) is 0. The van der Waals surface area contributed by atoms with Crippen molar-refractivity contribution in [3.63, 3.8) is 0 Å². The predicted molar refractivity (Wildman–Crippen MR) is 66.0 cm³/mol. The Morgan fingerprint density at radius 1 is 1.38 bits per heavy atom. The van der Waals surface area contributed by atoms with Crippen LogP contribution in [-0.4, -0.2) is 22.0 Å². The lowest BCUT2D eigenvalue weighted by Gasteiger charge is -2.11. The summed E-state index contributed by atoms with van der Waals surface area (Å²) in [7, 11) is 0. The molecule has 1 aromatic rings. The number of rotatable bonds is 6. The van der Waals surface area contributed by atoms with Gasteiger partial charge in [0.05, 0.1) is 18.5 Å². The molecule has 1 atom stereocenters. The topological polar surface area (TPSA) is 35.0 Å². The Balaban J connectivity index is 2.55. The maximum absolute atomic E-state index is 6.23. The average Bonchev–Trinajstić information content (AvgIpc) is 2.17. The van der Waals surface area contributed by atoms with Crippen LogP contribution < -0.4 is 4.74 Å². The third-order valence-corrected chi connectivity index (χ3v) is 2.44. The van der Waals surface area contributed by atoms with Crippen molar-refractivity contribution in [1.29, 1.82) is 0 Å². The smallest absolute Gasteiger partial charge is 0.232 e. The van der Waals surface area contributed by atoms with Crippen LogP contribution in [0.3, 0.4) is 0 Å². The fraction of sp³-hybridized carbons (Fsp3) is 0.667. The van der Waals surface area contributed by atoms with E-state index in [1.807, 2.05) is 6.92 Å². The molecule has 0 fully saturated rings. The molecule has 0 amide bonds. The van der Waals surface area contributed by atoms with Crippen LogP contribution in [0.5, 0.6) is 5.88 Å². The van der Waals surface area contributed by atoms with E-state index in [0.29, 0.717) is 18.4 Å². The van der Waals surface area contributed by atoms with Gasteiger partial charge in [0, 0.05) is 18.0 Å². The Kier molecular flexibility index (Phi) is 5.53. The highest BCUT2D eigenvalue weighted by Crippen LogP contribution is 2.16. The minimum absolute atomic E-state index is 0.117. The molecular formula is C12H19ClN2O. The number of alkyl halides is 1. The van der Waals surface area contributed by atoms with Gasteiger partial charge in [-0.2, -0.15) is 0 Å². The van der Waals surface area contributed by atoms with Crippen molar-refractivity contribution >= 4 is 11.6 Å². The van der Waals surface area contributed by atoms with E-state index >= 15 is 0 Å². The van der Waals surface area contributed by atoms with Crippen molar-refractivity contribution in [3.05, 3.63) is 18.1 Å². The maximum atomic E-state index is 6.23. The van der Waals surface area contributed by atoms with Crippen LogP contribution in [0.1, 0.15) is 32.9 Å². The highest BCUT2D eigenvalue weighted by atomic mass is 35.5. The minimum atomic E-state index is 0.117. The van der Waals surface area contributed by atoms with E-state index in [-0.39, 0.29) is 5.38 Å². The minimum Gasteiger partial charge on any atom is -0.477 e. The summed E-state index contributed by atoms with van der Waals surface area (Å²) in [4.78, 5) is 8.43. The van der Waals surface area contributed by atoms with E-state index in [9.17, 15) is 0 Å². The fourth-order valence-electron chi connectivity index (χ4n) is 1.52. The highest BCUT2D eigenvalue weighted by Gasteiger charge is 2.10. The molecule has 3 nitrogen and oxygen atoms in total. The lowest BCUT2D eigenvalue weighted by molar-refractivity contribution is 0.324. The SMILES string of the molecule is CCOc1cncc(CC(Cl)CC(C)C)n1. The molecule has 16 heavy (non-hydrogen) atoms. The molecule has 0 aromatic carbocycles. The number of nitrogens with zero attached hydrogens (tertiary/aromatic N) is 2. The second-order valence-electron chi connectivity index (χ2n) is 4.21. The maximum Gasteiger partial charge on any atom is 0.232 e. The van der Waals surface area contributed by atoms with Gasteiger partial charge in [-0.05, 0) is 19.3 Å². The van der Waals surface area contributed by atoms with Gasteiger partial charge in [0.15, 0.2) is 0 Å². The van der Waals surface area contributed by atoms with Gasteiger partial charge in [0.1, 0.15) is 0 Å². The molecule has 0 bridgehead atoms. The average molecular weight is 243 g/mol. The first kappa shape index (κ1) is 13.2. The molecule has 0 saturated carbocycles. The summed E-state index contributed by atoms with van der Waals surface area (Å²) in [5.41, 5.74) is 0.895. The number of aromatic nitrogens is 2. The van der Waals surface area contributed by atoms with Crippen LogP contribution in [0.15, 0.2) is 12.4 Å². The second kappa shape index (κ2) is 6.69. The summed E-state index contributed by atoms with van der Waals surface area (Å²) >= 11 is 6.23. The van der Waals surface area contributed by atoms with Crippen LogP contribution in [0.2, 0.25) is 0 Å². The first-order chi connectivity index (χ1) is 7.61. The molecule has 0 aliphatic heterocycles. The largest absolute Gasteiger partial charge is 0.477 e. The lowest BCUT2D eigenvalue weighted by Crippen LogP contribution is -2.09. The number of ether oxygens (including phenoxy) is 1. The van der Waals surface area contributed by atoms with E-state index in [2.05, 4.69) is 23.8 Å². The van der Waals surface area contributed by atoms with Gasteiger partial charge in [0.25, 0.3) is 0 Å². The zero-order chi connectivity index (χ0) is 12.0. The molecule has 0 saturated heterocycles. The third-order valence-electron chi connectivity index (χ3n) is 2.11. The van der Waals surface area contributed by atoms with Crippen molar-refractivity contribution in [2.24, 2.45) is 5.92 Å². The fourth-order valence-corrected chi connectivity index (χ4v) is 2.04. The Hall–Kier alpha value is -0.830. The Labute approximate surface area is 102 Å². The van der Waals surface area contributed by atoms with Crippen molar-refractivity contribution in [2.45, 2.75) is 39.0 Å². The summed E-state index contributed by atoms with van der Waals surface area (Å²) in [6.07, 6.45) is 5.10. The normalized spacial score (nSPS) is 12.8. The zero-order valence-electron chi connectivity index (χ0n) is 10.1. The molecule has 1 unspecified atom stereocenters. The molecule has 4 heteroatoms. The third kappa shape index (κ3) is 4.79. The Morgan fingerprint density at radius 3 is 2.75 bits per heavy atom. The van der Waals surface area contributed by atoms with E-state index in [0.717, 1.165) is 18.5 Å². The molecule has 0 aliphatic rings. The van der Waals surface area contributed by atoms with E-state index in [1.54, 1.807) is 12.4 Å². The van der Waals surface area contributed by atoms with Crippen LogP contribution in [0.25, 0.3) is 0 Å². The molecule has 1 heterocycles. The Bertz CT molecular complexity index is 318. The van der Waals surface area contributed by atoms with Crippen molar-refractivity contribution in [2.75, 3.05) is 6.61 Å². The summed E-state index contributed by atoms with van der Waals surface area (Å²) < 4.78 is 5.29. The number of halogens is 1. The van der Waals surface area contributed by atoms with Crippen LogP contribution in [0, 0.1) is 5.92 Å². The van der Waals surface area contributed by atoms with E-state index < -0.39 is 0 Å². The molecule has 1 rings (SSSR count). The summed E-state index contributed by atoms with van der Waals surface area (Å²) in [6.45, 7) is 6.86. The first-order valence-electron chi connectivity index (χ1n) is 5.69. The van der Waals surface area contributed by atoms with Gasteiger partial charge < -0.3 is 4.74 Å². The summed E-state index contributed by atoms with van der Waals surface area (Å²) in [5.74, 6) is 1.18. The molecule has 0 N–H and O–H groups in total. The van der Waals surface area contributed by atoms with Crippen molar-refractivity contribution < 1.29 is 4.74 Å². The predicted octanol–water partition coefficient (Wildman–Crippen LogP) is 3.07. The van der Waals surface area contributed by atoms with Gasteiger partial charge in [0.2, 0.25) is 5.88 Å². The number of hydrogen-bond acceptors (Lipinski definition) is 3. The Morgan fingerprint density at radius 2 is 2.12 bits per heavy atom. The molecule has 0 aliphatic carbocycles. The van der Waals surface area contributed by atoms with E-state index in [4.69, 9.17) is 16.3 Å². The van der Waals surface area contributed by atoms with E-state index in [1.165, 1.54) is 0 Å². The standard InChI is InChI=1S/C12H19ClN2O/c1-4-16-12-8-14-7-11(15-12)6-10(13)5-9(2)3/h7-10H,4-6H2,1-3H3. The van der Waals surface area contributed by atoms with Gasteiger partial charge in [-0.15, -0.1) is 11.6 Å². The first-order valence-corrected chi connectivity index (χ1v) is 6.13. The van der Waals surface area contributed by atoms with Gasteiger partial charge in [-0.1, -0.05) is 13.8 Å². The van der Waals surface area contributed by atoms with Gasteiger partial charge in [-0.25, -0.2) is 4.98 Å². The highest BCUT2D eigenvalue weighted by molar-refractivity contribution is 6.20. The molecule has 0 radical (unpaired) electrons. The van der Waals surface area contributed by atoms with Gasteiger partial charge >= 0.3 is 0 Å². The molecule has 90 valence electrons. The monoisotopic (exact) mass is 242 g/mol. The lowest BCUT2D eigenvalue weighted by atomic mass is 10.1. The number of hydrogen-bond donors (Lipinski definition) is 0. The van der Waals surface area contributed by atoms with Crippen LogP contribution >= 0.6 is 11.6 Å².